The van der Waals surface area contributed by atoms with E-state index in [1.165, 1.54) is 18.3 Å². The molecule has 0 spiro atoms. The molecule has 1 aromatic carbocycles. The van der Waals surface area contributed by atoms with Gasteiger partial charge in [0.15, 0.2) is 0 Å². The van der Waals surface area contributed by atoms with Crippen LogP contribution in [0.5, 0.6) is 0 Å². The Bertz CT molecular complexity index is 640. The van der Waals surface area contributed by atoms with Crippen molar-refractivity contribution in [3.8, 4) is 0 Å². The number of anilines is 2. The lowest BCUT2D eigenvalue weighted by atomic mass is 10.3. The van der Waals surface area contributed by atoms with Gasteiger partial charge in [-0.2, -0.15) is 0 Å². The van der Waals surface area contributed by atoms with Gasteiger partial charge in [0.05, 0.1) is 9.88 Å². The fourth-order valence-electron chi connectivity index (χ4n) is 1.94. The topological polar surface area (TPSA) is 61.4 Å². The van der Waals surface area contributed by atoms with E-state index in [1.54, 1.807) is 12.1 Å². The number of amides is 2. The number of likely N-dealkylation sites (N-methyl/N-ethyl adjacent to an activating group) is 1. The van der Waals surface area contributed by atoms with Gasteiger partial charge in [0.1, 0.15) is 0 Å². The van der Waals surface area contributed by atoms with Gasteiger partial charge in [0, 0.05) is 32.7 Å². The van der Waals surface area contributed by atoms with E-state index in [4.69, 9.17) is 0 Å². The van der Waals surface area contributed by atoms with Crippen LogP contribution in [-0.4, -0.2) is 32.0 Å². The van der Waals surface area contributed by atoms with Crippen LogP contribution in [0.1, 0.15) is 16.6 Å². The van der Waals surface area contributed by atoms with Crippen LogP contribution in [0.25, 0.3) is 0 Å². The van der Waals surface area contributed by atoms with Gasteiger partial charge >= 0.3 is 0 Å². The molecule has 0 aliphatic carbocycles. The molecule has 116 valence electrons. The van der Waals surface area contributed by atoms with E-state index in [0.717, 1.165) is 12.2 Å². The van der Waals surface area contributed by atoms with E-state index in [9.17, 15) is 9.59 Å². The van der Waals surface area contributed by atoms with Gasteiger partial charge in [0.2, 0.25) is 5.91 Å². The Morgan fingerprint density at radius 2 is 1.86 bits per heavy atom. The first-order valence-corrected chi connectivity index (χ1v) is 7.79. The van der Waals surface area contributed by atoms with E-state index < -0.39 is 0 Å². The summed E-state index contributed by atoms with van der Waals surface area (Å²) >= 11 is 1.27. The molecule has 0 unspecified atom stereocenters. The average molecular weight is 317 g/mol. The van der Waals surface area contributed by atoms with E-state index in [-0.39, 0.29) is 11.8 Å². The van der Waals surface area contributed by atoms with Crippen molar-refractivity contribution in [3.05, 3.63) is 47.3 Å². The van der Waals surface area contributed by atoms with Gasteiger partial charge in [0.25, 0.3) is 5.91 Å². The number of carbonyl (C=O) groups is 2. The van der Waals surface area contributed by atoms with Crippen molar-refractivity contribution in [3.63, 3.8) is 0 Å². The van der Waals surface area contributed by atoms with Crippen molar-refractivity contribution in [1.29, 1.82) is 0 Å². The second kappa shape index (κ2) is 7.61. The molecule has 0 bridgehead atoms. The Kier molecular flexibility index (Phi) is 5.55. The van der Waals surface area contributed by atoms with Crippen molar-refractivity contribution >= 4 is 33.8 Å². The van der Waals surface area contributed by atoms with Crippen LogP contribution in [-0.2, 0) is 4.79 Å². The lowest BCUT2D eigenvalue weighted by molar-refractivity contribution is -0.114. The zero-order valence-corrected chi connectivity index (χ0v) is 13.4. The number of para-hydroxylation sites is 1. The van der Waals surface area contributed by atoms with Crippen LogP contribution in [0.4, 0.5) is 10.7 Å². The molecule has 1 heterocycles. The largest absolute Gasteiger partial charge is 0.373 e. The minimum Gasteiger partial charge on any atom is -0.373 e. The SMILES string of the molecule is CC(=O)Nc1ccc(C(=O)NCCN(C)c2ccccc2)s1. The first kappa shape index (κ1) is 16.0. The summed E-state index contributed by atoms with van der Waals surface area (Å²) in [5.41, 5.74) is 1.11. The maximum Gasteiger partial charge on any atom is 0.261 e. The molecule has 2 aromatic rings. The van der Waals surface area contributed by atoms with Crippen LogP contribution in [0.3, 0.4) is 0 Å². The minimum atomic E-state index is -0.140. The third-order valence-corrected chi connectivity index (χ3v) is 4.06. The number of hydrogen-bond acceptors (Lipinski definition) is 4. The quantitative estimate of drug-likeness (QED) is 0.861. The second-order valence-corrected chi connectivity index (χ2v) is 5.94. The smallest absolute Gasteiger partial charge is 0.261 e. The summed E-state index contributed by atoms with van der Waals surface area (Å²) in [7, 11) is 1.99. The number of thiophene rings is 1. The normalized spacial score (nSPS) is 10.1. The second-order valence-electron chi connectivity index (χ2n) is 4.86. The third-order valence-electron chi connectivity index (χ3n) is 3.06. The van der Waals surface area contributed by atoms with E-state index >= 15 is 0 Å². The van der Waals surface area contributed by atoms with Crippen molar-refractivity contribution in [2.24, 2.45) is 0 Å². The summed E-state index contributed by atoms with van der Waals surface area (Å²) in [5, 5.41) is 6.23. The van der Waals surface area contributed by atoms with E-state index in [1.807, 2.05) is 37.4 Å². The summed E-state index contributed by atoms with van der Waals surface area (Å²) < 4.78 is 0. The van der Waals surface area contributed by atoms with Gasteiger partial charge in [-0.05, 0) is 24.3 Å². The average Bonchev–Trinajstić information content (AvgIpc) is 2.95. The highest BCUT2D eigenvalue weighted by Crippen LogP contribution is 2.21. The molecular weight excluding hydrogens is 298 g/mol. The van der Waals surface area contributed by atoms with E-state index in [0.29, 0.717) is 16.4 Å². The van der Waals surface area contributed by atoms with Crippen LogP contribution in [0, 0.1) is 0 Å². The van der Waals surface area contributed by atoms with Crippen LogP contribution in [0.15, 0.2) is 42.5 Å². The predicted molar refractivity (Wildman–Crippen MR) is 90.7 cm³/mol. The highest BCUT2D eigenvalue weighted by molar-refractivity contribution is 7.18. The molecule has 1 aromatic heterocycles. The molecule has 2 amide bonds. The Balaban J connectivity index is 1.80. The first-order valence-electron chi connectivity index (χ1n) is 6.98. The van der Waals surface area contributed by atoms with Gasteiger partial charge in [-0.25, -0.2) is 0 Å². The Hall–Kier alpha value is -2.34. The molecular formula is C16H19N3O2S. The summed E-state index contributed by atoms with van der Waals surface area (Å²) in [6.45, 7) is 2.72. The molecule has 0 atom stereocenters. The minimum absolute atomic E-state index is 0.122. The zero-order chi connectivity index (χ0) is 15.9. The molecule has 22 heavy (non-hydrogen) atoms. The maximum absolute atomic E-state index is 12.0. The molecule has 2 N–H and O–H groups in total. The van der Waals surface area contributed by atoms with Crippen molar-refractivity contribution in [2.75, 3.05) is 30.4 Å². The monoisotopic (exact) mass is 317 g/mol. The maximum atomic E-state index is 12.0. The molecule has 6 heteroatoms. The van der Waals surface area contributed by atoms with E-state index in [2.05, 4.69) is 15.5 Å². The number of rotatable bonds is 6. The fourth-order valence-corrected chi connectivity index (χ4v) is 2.81. The molecule has 0 radical (unpaired) electrons. The fraction of sp³-hybridized carbons (Fsp3) is 0.250. The van der Waals surface area contributed by atoms with Crippen molar-refractivity contribution in [1.82, 2.24) is 5.32 Å². The summed E-state index contributed by atoms with van der Waals surface area (Å²) in [4.78, 5) is 25.7. The lowest BCUT2D eigenvalue weighted by Gasteiger charge is -2.19. The highest BCUT2D eigenvalue weighted by atomic mass is 32.1. The highest BCUT2D eigenvalue weighted by Gasteiger charge is 2.09. The van der Waals surface area contributed by atoms with Crippen LogP contribution < -0.4 is 15.5 Å². The van der Waals surface area contributed by atoms with Crippen LogP contribution >= 0.6 is 11.3 Å². The molecule has 0 saturated heterocycles. The molecule has 5 nitrogen and oxygen atoms in total. The number of benzene rings is 1. The van der Waals surface area contributed by atoms with Crippen molar-refractivity contribution in [2.45, 2.75) is 6.92 Å². The summed E-state index contributed by atoms with van der Waals surface area (Å²) in [6.07, 6.45) is 0. The Labute approximate surface area is 134 Å². The van der Waals surface area contributed by atoms with Gasteiger partial charge in [-0.3, -0.25) is 9.59 Å². The first-order chi connectivity index (χ1) is 10.6. The molecule has 0 fully saturated rings. The number of hydrogen-bond donors (Lipinski definition) is 2. The number of nitrogens with zero attached hydrogens (tertiary/aromatic N) is 1. The van der Waals surface area contributed by atoms with Crippen LogP contribution in [0.2, 0.25) is 0 Å². The Morgan fingerprint density at radius 3 is 2.55 bits per heavy atom. The zero-order valence-electron chi connectivity index (χ0n) is 12.6. The van der Waals surface area contributed by atoms with Gasteiger partial charge in [-0.15, -0.1) is 11.3 Å². The lowest BCUT2D eigenvalue weighted by Crippen LogP contribution is -2.32. The third kappa shape index (κ3) is 4.60. The molecule has 0 aliphatic rings. The molecule has 0 saturated carbocycles. The standard InChI is InChI=1S/C16H19N3O2S/c1-12(20)18-15-9-8-14(22-15)16(21)17-10-11-19(2)13-6-4-3-5-7-13/h3-9H,10-11H2,1-2H3,(H,17,21)(H,18,20). The number of carbonyl (C=O) groups excluding carboxylic acids is 2. The van der Waals surface area contributed by atoms with Gasteiger partial charge in [-0.1, -0.05) is 18.2 Å². The molecule has 0 aliphatic heterocycles. The summed E-state index contributed by atoms with van der Waals surface area (Å²) in [5.74, 6) is -0.263. The number of nitrogens with one attached hydrogen (secondary N) is 2. The predicted octanol–water partition coefficient (Wildman–Crippen LogP) is 2.57. The molecule has 2 rings (SSSR count). The van der Waals surface area contributed by atoms with Crippen molar-refractivity contribution < 1.29 is 9.59 Å². The Morgan fingerprint density at radius 1 is 1.14 bits per heavy atom. The van der Waals surface area contributed by atoms with Gasteiger partial charge < -0.3 is 15.5 Å². The summed E-state index contributed by atoms with van der Waals surface area (Å²) in [6, 6.07) is 13.5.